The summed E-state index contributed by atoms with van der Waals surface area (Å²) in [6.07, 6.45) is 1.75. The van der Waals surface area contributed by atoms with Gasteiger partial charge in [-0.2, -0.15) is 0 Å². The number of carbonyl (C=O) groups is 1. The van der Waals surface area contributed by atoms with Gasteiger partial charge in [-0.05, 0) is 69.5 Å². The van der Waals surface area contributed by atoms with Crippen molar-refractivity contribution in [2.45, 2.75) is 47.2 Å². The van der Waals surface area contributed by atoms with Crippen LogP contribution < -0.4 is 20.5 Å². The van der Waals surface area contributed by atoms with Crippen LogP contribution in [-0.2, 0) is 6.54 Å². The van der Waals surface area contributed by atoms with Gasteiger partial charge >= 0.3 is 0 Å². The van der Waals surface area contributed by atoms with Gasteiger partial charge in [0.1, 0.15) is 0 Å². The van der Waals surface area contributed by atoms with Crippen molar-refractivity contribution in [3.05, 3.63) is 62.7 Å². The van der Waals surface area contributed by atoms with Gasteiger partial charge in [0.25, 0.3) is 16.7 Å². The molecule has 1 amide bonds. The molecule has 0 aliphatic heterocycles. The minimum absolute atomic E-state index is 0.160. The fourth-order valence-electron chi connectivity index (χ4n) is 3.57. The van der Waals surface area contributed by atoms with Crippen molar-refractivity contribution in [1.29, 1.82) is 0 Å². The zero-order valence-electron chi connectivity index (χ0n) is 19.6. The Labute approximate surface area is 192 Å². The first-order valence-electron chi connectivity index (χ1n) is 10.5. The van der Waals surface area contributed by atoms with Gasteiger partial charge < -0.3 is 19.9 Å². The number of hydrogen-bond donors (Lipinski definition) is 2. The van der Waals surface area contributed by atoms with Gasteiger partial charge in [-0.3, -0.25) is 9.59 Å². The van der Waals surface area contributed by atoms with E-state index in [0.717, 1.165) is 32.9 Å². The maximum absolute atomic E-state index is 13.2. The Hall–Kier alpha value is -3.13. The largest absolute Gasteiger partial charge is 0.473 e. The number of thiazole rings is 1. The molecule has 32 heavy (non-hydrogen) atoms. The number of carbonyl (C=O) groups excluding carboxylic acids is 1. The average Bonchev–Trinajstić information content (AvgIpc) is 3.21. The lowest BCUT2D eigenvalue weighted by Gasteiger charge is -2.27. The zero-order chi connectivity index (χ0) is 23.6. The van der Waals surface area contributed by atoms with Crippen LogP contribution in [0.4, 0.5) is 5.69 Å². The van der Waals surface area contributed by atoms with Crippen molar-refractivity contribution in [1.82, 2.24) is 15.3 Å². The quantitative estimate of drug-likeness (QED) is 0.559. The van der Waals surface area contributed by atoms with E-state index >= 15 is 0 Å². The van der Waals surface area contributed by atoms with E-state index in [9.17, 15) is 9.59 Å². The average molecular weight is 455 g/mol. The lowest BCUT2D eigenvalue weighted by Crippen LogP contribution is -2.30. The molecule has 0 atom stereocenters. The Morgan fingerprint density at radius 3 is 2.56 bits per heavy atom. The van der Waals surface area contributed by atoms with Gasteiger partial charge in [0.05, 0.1) is 12.0 Å². The van der Waals surface area contributed by atoms with Crippen molar-refractivity contribution < 1.29 is 9.53 Å². The van der Waals surface area contributed by atoms with Gasteiger partial charge in [0, 0.05) is 48.3 Å². The van der Waals surface area contributed by atoms with Gasteiger partial charge in [0.2, 0.25) is 0 Å². The van der Waals surface area contributed by atoms with Crippen LogP contribution in [0.2, 0.25) is 0 Å². The number of hydrogen-bond acceptors (Lipinski definition) is 6. The molecule has 0 saturated carbocycles. The Kier molecular flexibility index (Phi) is 7.03. The van der Waals surface area contributed by atoms with Crippen molar-refractivity contribution in [2.75, 3.05) is 19.1 Å². The maximum Gasteiger partial charge on any atom is 0.273 e. The number of H-pyrrole nitrogens is 1. The highest BCUT2D eigenvalue weighted by Crippen LogP contribution is 2.35. The van der Waals surface area contributed by atoms with Gasteiger partial charge in [-0.25, -0.2) is 4.98 Å². The summed E-state index contributed by atoms with van der Waals surface area (Å²) in [5.41, 5.74) is 5.36. The summed E-state index contributed by atoms with van der Waals surface area (Å²) in [6.45, 7) is 10.0. The third kappa shape index (κ3) is 4.85. The molecule has 1 aromatic carbocycles. The molecule has 3 rings (SSSR count). The molecule has 2 aromatic heterocycles. The fraction of sp³-hybridized carbons (Fsp3) is 0.375. The topological polar surface area (TPSA) is 87.3 Å². The molecular formula is C24H30N4O3S. The third-order valence-corrected chi connectivity index (χ3v) is 6.65. The van der Waals surface area contributed by atoms with Crippen LogP contribution in [0, 0.1) is 20.8 Å². The summed E-state index contributed by atoms with van der Waals surface area (Å²) < 4.78 is 5.24. The van der Waals surface area contributed by atoms with E-state index < -0.39 is 0 Å². The van der Waals surface area contributed by atoms with Crippen molar-refractivity contribution in [3.8, 4) is 15.6 Å². The van der Waals surface area contributed by atoms with Crippen LogP contribution in [-0.4, -0.2) is 36.1 Å². The van der Waals surface area contributed by atoms with Crippen molar-refractivity contribution in [2.24, 2.45) is 0 Å². The number of aromatic nitrogens is 2. The molecule has 0 spiro atoms. The van der Waals surface area contributed by atoms with E-state index in [1.54, 1.807) is 13.3 Å². The minimum Gasteiger partial charge on any atom is -0.473 e. The number of nitrogens with one attached hydrogen (secondary N) is 2. The third-order valence-electron chi connectivity index (χ3n) is 5.64. The van der Waals surface area contributed by atoms with E-state index in [1.807, 2.05) is 40.0 Å². The van der Waals surface area contributed by atoms with E-state index in [0.29, 0.717) is 16.3 Å². The van der Waals surface area contributed by atoms with E-state index in [2.05, 4.69) is 40.1 Å². The second kappa shape index (κ2) is 9.56. The summed E-state index contributed by atoms with van der Waals surface area (Å²) in [7, 11) is 3.60. The molecule has 0 radical (unpaired) electrons. The van der Waals surface area contributed by atoms with Crippen LogP contribution in [0.1, 0.15) is 46.6 Å². The molecule has 8 heteroatoms. The monoisotopic (exact) mass is 454 g/mol. The number of pyridine rings is 1. The second-order valence-corrected chi connectivity index (χ2v) is 9.19. The Bertz CT molecular complexity index is 1200. The van der Waals surface area contributed by atoms with Crippen molar-refractivity contribution in [3.63, 3.8) is 0 Å². The normalized spacial score (nSPS) is 11.0. The molecular weight excluding hydrogens is 424 g/mol. The van der Waals surface area contributed by atoms with E-state index in [1.165, 1.54) is 11.3 Å². The van der Waals surface area contributed by atoms with Crippen LogP contribution in [0.3, 0.4) is 0 Å². The summed E-state index contributed by atoms with van der Waals surface area (Å²) in [4.78, 5) is 35.7. The standard InChI is InChI=1S/C24H30N4O3S/c1-13(2)28(6)20-10-17(21-12-26-24(31-7)32-21)9-18(16(20)5)22(29)25-11-19-14(3)8-15(4)27-23(19)30/h8-10,12-13H,11H2,1-7H3,(H,25,29)(H,27,30). The first kappa shape index (κ1) is 23.5. The summed E-state index contributed by atoms with van der Waals surface area (Å²) in [6, 6.07) is 6.11. The number of methoxy groups -OCH3 is 1. The smallest absolute Gasteiger partial charge is 0.273 e. The SMILES string of the molecule is COc1ncc(-c2cc(C(=O)NCc3c(C)cc(C)[nH]c3=O)c(C)c(N(C)C(C)C)c2)s1. The number of nitrogens with zero attached hydrogens (tertiary/aromatic N) is 2. The maximum atomic E-state index is 13.2. The highest BCUT2D eigenvalue weighted by molar-refractivity contribution is 7.16. The Morgan fingerprint density at radius 2 is 1.97 bits per heavy atom. The van der Waals surface area contributed by atoms with Crippen LogP contribution in [0.15, 0.2) is 29.2 Å². The number of rotatable bonds is 7. The molecule has 0 unspecified atom stereocenters. The molecule has 0 aliphatic rings. The number of aromatic amines is 1. The lowest BCUT2D eigenvalue weighted by atomic mass is 9.99. The Balaban J connectivity index is 2.00. The van der Waals surface area contributed by atoms with E-state index in [4.69, 9.17) is 4.74 Å². The number of amides is 1. The number of anilines is 1. The highest BCUT2D eigenvalue weighted by atomic mass is 32.1. The second-order valence-electron chi connectivity index (χ2n) is 8.19. The van der Waals surface area contributed by atoms with Gasteiger partial charge in [0.15, 0.2) is 0 Å². The van der Waals surface area contributed by atoms with Gasteiger partial charge in [-0.1, -0.05) is 11.3 Å². The van der Waals surface area contributed by atoms with Crippen LogP contribution >= 0.6 is 11.3 Å². The van der Waals surface area contributed by atoms with Gasteiger partial charge in [-0.15, -0.1) is 0 Å². The number of benzene rings is 1. The summed E-state index contributed by atoms with van der Waals surface area (Å²) in [5, 5.41) is 3.50. The first-order chi connectivity index (χ1) is 15.1. The molecule has 0 aliphatic carbocycles. The molecule has 2 N–H and O–H groups in total. The highest BCUT2D eigenvalue weighted by Gasteiger charge is 2.19. The number of aryl methyl sites for hydroxylation is 2. The molecule has 3 aromatic rings. The van der Waals surface area contributed by atoms with Crippen molar-refractivity contribution >= 4 is 22.9 Å². The molecule has 170 valence electrons. The zero-order valence-corrected chi connectivity index (χ0v) is 20.4. The minimum atomic E-state index is -0.224. The summed E-state index contributed by atoms with van der Waals surface area (Å²) >= 11 is 1.43. The molecule has 7 nitrogen and oxygen atoms in total. The van der Waals surface area contributed by atoms with E-state index in [-0.39, 0.29) is 24.1 Å². The molecule has 0 bridgehead atoms. The molecule has 2 heterocycles. The predicted octanol–water partition coefficient (Wildman–Crippen LogP) is 4.21. The number of ether oxygens (including phenoxy) is 1. The molecule has 0 saturated heterocycles. The first-order valence-corrected chi connectivity index (χ1v) is 11.3. The lowest BCUT2D eigenvalue weighted by molar-refractivity contribution is 0.0950. The van der Waals surface area contributed by atoms with Crippen LogP contribution in [0.5, 0.6) is 5.19 Å². The fourth-order valence-corrected chi connectivity index (χ4v) is 4.29. The molecule has 0 fully saturated rings. The van der Waals surface area contributed by atoms with Crippen LogP contribution in [0.25, 0.3) is 10.4 Å². The predicted molar refractivity (Wildman–Crippen MR) is 130 cm³/mol. The Morgan fingerprint density at radius 1 is 1.25 bits per heavy atom. The summed E-state index contributed by atoms with van der Waals surface area (Å²) in [5.74, 6) is -0.224.